The van der Waals surface area contributed by atoms with E-state index in [9.17, 15) is 14.0 Å². The van der Waals surface area contributed by atoms with Crippen LogP contribution in [-0.2, 0) is 0 Å². The van der Waals surface area contributed by atoms with Crippen molar-refractivity contribution in [1.82, 2.24) is 9.97 Å². The van der Waals surface area contributed by atoms with Crippen molar-refractivity contribution < 1.29 is 9.18 Å². The molecule has 15 heavy (non-hydrogen) atoms. The van der Waals surface area contributed by atoms with Crippen molar-refractivity contribution in [3.8, 4) is 0 Å². The Morgan fingerprint density at radius 1 is 1.47 bits per heavy atom. The molecule has 2 rings (SSSR count). The lowest BCUT2D eigenvalue weighted by Crippen LogP contribution is -2.15. The van der Waals surface area contributed by atoms with E-state index in [1.54, 1.807) is 0 Å². The molecule has 4 nitrogen and oxygen atoms in total. The van der Waals surface area contributed by atoms with Gasteiger partial charge in [-0.2, -0.15) is 4.98 Å². The van der Waals surface area contributed by atoms with Crippen LogP contribution in [0.15, 0.2) is 23.0 Å². The zero-order chi connectivity index (χ0) is 11.0. The van der Waals surface area contributed by atoms with Gasteiger partial charge in [0.05, 0.1) is 5.52 Å². The van der Waals surface area contributed by atoms with Gasteiger partial charge in [0.25, 0.3) is 0 Å². The number of Topliss-reactive ketones (excluding diaryl/α,β-unsaturated/α-hetero) is 1. The summed E-state index contributed by atoms with van der Waals surface area (Å²) in [5.74, 6) is -0.795. The second kappa shape index (κ2) is 3.27. The monoisotopic (exact) mass is 206 g/mol. The van der Waals surface area contributed by atoms with Crippen molar-refractivity contribution in [2.75, 3.05) is 0 Å². The first-order valence-corrected chi connectivity index (χ1v) is 4.28. The van der Waals surface area contributed by atoms with E-state index in [2.05, 4.69) is 9.97 Å². The lowest BCUT2D eigenvalue weighted by Gasteiger charge is -2.01. The van der Waals surface area contributed by atoms with Gasteiger partial charge in [0.1, 0.15) is 11.5 Å². The van der Waals surface area contributed by atoms with E-state index in [-0.39, 0.29) is 17.0 Å². The summed E-state index contributed by atoms with van der Waals surface area (Å²) in [7, 11) is 0. The molecule has 0 aliphatic heterocycles. The maximum absolute atomic E-state index is 12.9. The Hall–Kier alpha value is -2.04. The van der Waals surface area contributed by atoms with Gasteiger partial charge in [-0.25, -0.2) is 9.18 Å². The molecule has 1 heterocycles. The highest BCUT2D eigenvalue weighted by Crippen LogP contribution is 2.14. The molecule has 0 aliphatic carbocycles. The van der Waals surface area contributed by atoms with Crippen LogP contribution in [0.1, 0.15) is 17.4 Å². The first kappa shape index (κ1) is 9.51. The number of carbonyl (C=O) groups excluding carboxylic acids is 1. The van der Waals surface area contributed by atoms with Crippen LogP contribution >= 0.6 is 0 Å². The van der Waals surface area contributed by atoms with E-state index in [1.807, 2.05) is 0 Å². The molecule has 0 bridgehead atoms. The van der Waals surface area contributed by atoms with E-state index in [0.717, 1.165) is 6.07 Å². The summed E-state index contributed by atoms with van der Waals surface area (Å²) in [5, 5.41) is 0.448. The number of carbonyl (C=O) groups is 1. The largest absolute Gasteiger partial charge is 0.346 e. The van der Waals surface area contributed by atoms with Crippen molar-refractivity contribution in [2.45, 2.75) is 6.92 Å². The van der Waals surface area contributed by atoms with E-state index in [1.165, 1.54) is 19.1 Å². The normalized spacial score (nSPS) is 10.5. The molecule has 1 aromatic carbocycles. The third kappa shape index (κ3) is 1.63. The average molecular weight is 206 g/mol. The Balaban J connectivity index is 2.92. The number of nitrogens with zero attached hydrogens (tertiary/aromatic N) is 1. The van der Waals surface area contributed by atoms with Crippen LogP contribution < -0.4 is 5.69 Å². The molecule has 5 heteroatoms. The lowest BCUT2D eigenvalue weighted by molar-refractivity contribution is 0.101. The molecular weight excluding hydrogens is 199 g/mol. The summed E-state index contributed by atoms with van der Waals surface area (Å²) in [4.78, 5) is 28.2. The third-order valence-corrected chi connectivity index (χ3v) is 2.03. The number of rotatable bonds is 1. The number of H-pyrrole nitrogens is 1. The van der Waals surface area contributed by atoms with Gasteiger partial charge in [0, 0.05) is 12.3 Å². The van der Waals surface area contributed by atoms with Gasteiger partial charge in [0.15, 0.2) is 5.78 Å². The molecule has 0 aliphatic rings. The Kier molecular flexibility index (Phi) is 2.07. The number of aromatic amines is 1. The summed E-state index contributed by atoms with van der Waals surface area (Å²) >= 11 is 0. The van der Waals surface area contributed by atoms with Crippen LogP contribution in [0.25, 0.3) is 10.9 Å². The number of ketones is 1. The molecule has 2 aromatic rings. The van der Waals surface area contributed by atoms with Crippen molar-refractivity contribution in [1.29, 1.82) is 0 Å². The molecule has 0 saturated heterocycles. The van der Waals surface area contributed by atoms with Crippen molar-refractivity contribution in [3.63, 3.8) is 0 Å². The van der Waals surface area contributed by atoms with Crippen LogP contribution in [0.3, 0.4) is 0 Å². The Morgan fingerprint density at radius 3 is 2.87 bits per heavy atom. The first-order valence-electron chi connectivity index (χ1n) is 4.28. The van der Waals surface area contributed by atoms with Gasteiger partial charge in [-0.15, -0.1) is 0 Å². The predicted octanol–water partition coefficient (Wildman–Crippen LogP) is 1.26. The van der Waals surface area contributed by atoms with E-state index in [0.29, 0.717) is 5.39 Å². The van der Waals surface area contributed by atoms with Crippen LogP contribution in [0.5, 0.6) is 0 Å². The molecule has 0 radical (unpaired) electrons. The fraction of sp³-hybridized carbons (Fsp3) is 0.100. The van der Waals surface area contributed by atoms with Gasteiger partial charge in [0.2, 0.25) is 0 Å². The average Bonchev–Trinajstić information content (AvgIpc) is 2.15. The van der Waals surface area contributed by atoms with Crippen molar-refractivity contribution in [3.05, 3.63) is 40.2 Å². The highest BCUT2D eigenvalue weighted by molar-refractivity contribution is 6.03. The molecule has 0 unspecified atom stereocenters. The number of hydrogen-bond donors (Lipinski definition) is 1. The van der Waals surface area contributed by atoms with Gasteiger partial charge < -0.3 is 4.98 Å². The van der Waals surface area contributed by atoms with Crippen LogP contribution in [0.4, 0.5) is 4.39 Å². The van der Waals surface area contributed by atoms with Crippen LogP contribution in [0, 0.1) is 5.82 Å². The molecule has 1 N–H and O–H groups in total. The maximum atomic E-state index is 12.9. The summed E-state index contributed by atoms with van der Waals surface area (Å²) in [6, 6.07) is 3.80. The Bertz CT molecular complexity index is 604. The predicted molar refractivity (Wildman–Crippen MR) is 52.3 cm³/mol. The molecule has 0 saturated carbocycles. The van der Waals surface area contributed by atoms with Gasteiger partial charge in [-0.05, 0) is 18.2 Å². The van der Waals surface area contributed by atoms with Crippen LogP contribution in [-0.4, -0.2) is 15.8 Å². The fourth-order valence-electron chi connectivity index (χ4n) is 1.40. The topological polar surface area (TPSA) is 62.8 Å². The third-order valence-electron chi connectivity index (χ3n) is 2.03. The Morgan fingerprint density at radius 2 is 2.20 bits per heavy atom. The quantitative estimate of drug-likeness (QED) is 0.714. The number of aromatic nitrogens is 2. The second-order valence-electron chi connectivity index (χ2n) is 3.14. The number of nitrogens with one attached hydrogen (secondary N) is 1. The molecule has 0 atom stereocenters. The molecule has 76 valence electrons. The maximum Gasteiger partial charge on any atom is 0.346 e. The summed E-state index contributed by atoms with van der Waals surface area (Å²) in [6.07, 6.45) is 0. The zero-order valence-electron chi connectivity index (χ0n) is 7.87. The Labute approximate surface area is 83.8 Å². The standard InChI is InChI=1S/C10H7FN2O2/c1-5(14)9-7-3-2-6(11)4-8(7)12-10(15)13-9/h2-4H,1H3,(H,12,13,15). The smallest absolute Gasteiger partial charge is 0.305 e. The summed E-state index contributed by atoms with van der Waals surface area (Å²) < 4.78 is 12.9. The van der Waals surface area contributed by atoms with Crippen molar-refractivity contribution >= 4 is 16.7 Å². The molecule has 1 aromatic heterocycles. The second-order valence-corrected chi connectivity index (χ2v) is 3.14. The number of hydrogen-bond acceptors (Lipinski definition) is 3. The molecule has 0 fully saturated rings. The van der Waals surface area contributed by atoms with E-state index < -0.39 is 11.5 Å². The first-order chi connectivity index (χ1) is 7.08. The van der Waals surface area contributed by atoms with E-state index >= 15 is 0 Å². The van der Waals surface area contributed by atoms with E-state index in [4.69, 9.17) is 0 Å². The summed E-state index contributed by atoms with van der Waals surface area (Å²) in [5.41, 5.74) is -0.313. The van der Waals surface area contributed by atoms with Gasteiger partial charge >= 0.3 is 5.69 Å². The van der Waals surface area contributed by atoms with Crippen LogP contribution in [0.2, 0.25) is 0 Å². The fourth-order valence-corrected chi connectivity index (χ4v) is 1.40. The minimum atomic E-state index is -0.654. The minimum absolute atomic E-state index is 0.0637. The molecule has 0 amide bonds. The lowest BCUT2D eigenvalue weighted by atomic mass is 10.1. The minimum Gasteiger partial charge on any atom is -0.305 e. The highest BCUT2D eigenvalue weighted by Gasteiger charge is 2.09. The van der Waals surface area contributed by atoms with Gasteiger partial charge in [-0.3, -0.25) is 4.79 Å². The summed E-state index contributed by atoms with van der Waals surface area (Å²) in [6.45, 7) is 1.31. The number of benzene rings is 1. The number of halogens is 1. The van der Waals surface area contributed by atoms with Gasteiger partial charge in [-0.1, -0.05) is 0 Å². The SMILES string of the molecule is CC(=O)c1nc(=O)[nH]c2cc(F)ccc12. The van der Waals surface area contributed by atoms with Crippen molar-refractivity contribution in [2.24, 2.45) is 0 Å². The molecule has 0 spiro atoms. The highest BCUT2D eigenvalue weighted by atomic mass is 19.1. The number of fused-ring (bicyclic) bond motifs is 1. The zero-order valence-corrected chi connectivity index (χ0v) is 7.87. The molecular formula is C10H7FN2O2.